The second-order valence-corrected chi connectivity index (χ2v) is 6.84. The highest BCUT2D eigenvalue weighted by molar-refractivity contribution is 7.92. The Morgan fingerprint density at radius 1 is 1.06 bits per heavy atom. The summed E-state index contributed by atoms with van der Waals surface area (Å²) in [6.45, 7) is 0. The molecule has 2 rings (SSSR count). The van der Waals surface area contributed by atoms with E-state index in [1.165, 1.54) is 18.2 Å². The monoisotopic (exact) mass is 256 g/mol. The van der Waals surface area contributed by atoms with Gasteiger partial charge in [0.2, 0.25) is 0 Å². The van der Waals surface area contributed by atoms with Crippen molar-refractivity contribution in [2.75, 3.05) is 0 Å². The summed E-state index contributed by atoms with van der Waals surface area (Å²) in [5.41, 5.74) is 0. The van der Waals surface area contributed by atoms with Crippen LogP contribution in [0.3, 0.4) is 0 Å². The van der Waals surface area contributed by atoms with Crippen LogP contribution in [0.15, 0.2) is 29.2 Å². The molecule has 1 saturated carbocycles. The topological polar surface area (TPSA) is 34.1 Å². The molecule has 1 aliphatic carbocycles. The van der Waals surface area contributed by atoms with Crippen LogP contribution in [-0.2, 0) is 9.84 Å². The molecule has 94 valence electrons. The number of sulfone groups is 1. The fourth-order valence-electron chi connectivity index (χ4n) is 2.39. The lowest BCUT2D eigenvalue weighted by Crippen LogP contribution is -2.20. The van der Waals surface area contributed by atoms with Gasteiger partial charge in [-0.1, -0.05) is 31.7 Å². The molecule has 1 fully saturated rings. The van der Waals surface area contributed by atoms with Crippen molar-refractivity contribution in [2.24, 2.45) is 0 Å². The van der Waals surface area contributed by atoms with Crippen molar-refractivity contribution in [3.05, 3.63) is 30.1 Å². The van der Waals surface area contributed by atoms with Gasteiger partial charge in [0.1, 0.15) is 5.82 Å². The maximum absolute atomic E-state index is 13.1. The third kappa shape index (κ3) is 2.86. The van der Waals surface area contributed by atoms with Crippen molar-refractivity contribution in [1.29, 1.82) is 0 Å². The number of benzene rings is 1. The second kappa shape index (κ2) is 5.17. The summed E-state index contributed by atoms with van der Waals surface area (Å²) in [6, 6.07) is 5.34. The van der Waals surface area contributed by atoms with Gasteiger partial charge in [0.05, 0.1) is 10.1 Å². The van der Waals surface area contributed by atoms with Crippen LogP contribution in [0.25, 0.3) is 0 Å². The molecule has 0 bridgehead atoms. The van der Waals surface area contributed by atoms with Gasteiger partial charge in [-0.15, -0.1) is 0 Å². The normalized spacial score (nSPS) is 18.9. The molecule has 0 atom stereocenters. The van der Waals surface area contributed by atoms with Gasteiger partial charge in [-0.2, -0.15) is 0 Å². The van der Waals surface area contributed by atoms with E-state index < -0.39 is 15.7 Å². The third-order valence-corrected chi connectivity index (χ3v) is 5.63. The van der Waals surface area contributed by atoms with E-state index in [1.807, 2.05) is 0 Å². The predicted octanol–water partition coefficient (Wildman–Crippen LogP) is 3.32. The minimum atomic E-state index is -3.35. The zero-order valence-corrected chi connectivity index (χ0v) is 10.5. The van der Waals surface area contributed by atoms with E-state index in [1.54, 1.807) is 0 Å². The zero-order chi connectivity index (χ0) is 12.3. The Hall–Kier alpha value is -0.900. The van der Waals surface area contributed by atoms with Crippen molar-refractivity contribution in [1.82, 2.24) is 0 Å². The average Bonchev–Trinajstić information content (AvgIpc) is 2.58. The molecule has 1 aromatic carbocycles. The van der Waals surface area contributed by atoms with E-state index >= 15 is 0 Å². The van der Waals surface area contributed by atoms with Gasteiger partial charge >= 0.3 is 0 Å². The first-order valence-corrected chi connectivity index (χ1v) is 7.65. The number of halogens is 1. The van der Waals surface area contributed by atoms with Gasteiger partial charge in [0, 0.05) is 0 Å². The average molecular weight is 256 g/mol. The van der Waals surface area contributed by atoms with Crippen molar-refractivity contribution in [3.8, 4) is 0 Å². The van der Waals surface area contributed by atoms with Crippen LogP contribution >= 0.6 is 0 Å². The Bertz CT molecular complexity index is 474. The Labute approximate surface area is 102 Å². The van der Waals surface area contributed by atoms with Crippen molar-refractivity contribution < 1.29 is 12.8 Å². The summed E-state index contributed by atoms with van der Waals surface area (Å²) in [5, 5.41) is -0.327. The van der Waals surface area contributed by atoms with Crippen molar-refractivity contribution >= 4 is 9.84 Å². The number of hydrogen-bond donors (Lipinski definition) is 0. The molecule has 2 nitrogen and oxygen atoms in total. The molecule has 0 N–H and O–H groups in total. The maximum Gasteiger partial charge on any atom is 0.181 e. The molecule has 0 unspecified atom stereocenters. The Balaban J connectivity index is 2.28. The molecule has 1 aliphatic rings. The Morgan fingerprint density at radius 3 is 2.29 bits per heavy atom. The van der Waals surface area contributed by atoms with Gasteiger partial charge in [-0.3, -0.25) is 0 Å². The first-order valence-electron chi connectivity index (χ1n) is 6.10. The van der Waals surface area contributed by atoms with Gasteiger partial charge in [0.15, 0.2) is 9.84 Å². The fourth-order valence-corrected chi connectivity index (χ4v) is 4.27. The van der Waals surface area contributed by atoms with Gasteiger partial charge < -0.3 is 0 Å². The SMILES string of the molecule is O=S(=O)(c1cccc(F)c1)C1CCCCCC1. The molecule has 0 aliphatic heterocycles. The highest BCUT2D eigenvalue weighted by Crippen LogP contribution is 2.27. The highest BCUT2D eigenvalue weighted by Gasteiger charge is 2.28. The molecule has 0 saturated heterocycles. The molecule has 0 aromatic heterocycles. The Morgan fingerprint density at radius 2 is 1.71 bits per heavy atom. The standard InChI is InChI=1S/C13H17FO2S/c14-11-6-5-9-13(10-11)17(15,16)12-7-3-1-2-4-8-12/h5-6,9-10,12H,1-4,7-8H2. The zero-order valence-electron chi connectivity index (χ0n) is 9.73. The third-order valence-electron chi connectivity index (χ3n) is 3.37. The van der Waals surface area contributed by atoms with Crippen LogP contribution in [0.4, 0.5) is 4.39 Å². The van der Waals surface area contributed by atoms with E-state index in [4.69, 9.17) is 0 Å². The summed E-state index contributed by atoms with van der Waals surface area (Å²) in [5.74, 6) is -0.486. The molecular formula is C13H17FO2S. The Kier molecular flexibility index (Phi) is 3.82. The van der Waals surface area contributed by atoms with Gasteiger partial charge in [-0.05, 0) is 31.0 Å². The molecule has 0 spiro atoms. The van der Waals surface area contributed by atoms with Crippen LogP contribution in [0, 0.1) is 5.82 Å². The smallest absolute Gasteiger partial charge is 0.181 e. The molecule has 17 heavy (non-hydrogen) atoms. The predicted molar refractivity (Wildman–Crippen MR) is 65.1 cm³/mol. The van der Waals surface area contributed by atoms with E-state index in [2.05, 4.69) is 0 Å². The molecule has 1 aromatic rings. The molecule has 0 amide bonds. The highest BCUT2D eigenvalue weighted by atomic mass is 32.2. The lowest BCUT2D eigenvalue weighted by atomic mass is 10.2. The van der Waals surface area contributed by atoms with Gasteiger partial charge in [-0.25, -0.2) is 12.8 Å². The lowest BCUT2D eigenvalue weighted by molar-refractivity contribution is 0.560. The summed E-state index contributed by atoms with van der Waals surface area (Å²) in [6.07, 6.45) is 5.54. The molecule has 0 radical (unpaired) electrons. The number of rotatable bonds is 2. The largest absolute Gasteiger partial charge is 0.223 e. The van der Waals surface area contributed by atoms with Crippen LogP contribution < -0.4 is 0 Å². The molecule has 4 heteroatoms. The molecule has 0 heterocycles. The van der Waals surface area contributed by atoms with E-state index in [0.29, 0.717) is 12.8 Å². The van der Waals surface area contributed by atoms with Crippen LogP contribution in [0.2, 0.25) is 0 Å². The van der Waals surface area contributed by atoms with E-state index in [-0.39, 0.29) is 10.1 Å². The van der Waals surface area contributed by atoms with E-state index in [0.717, 1.165) is 31.7 Å². The van der Waals surface area contributed by atoms with Crippen molar-refractivity contribution in [3.63, 3.8) is 0 Å². The fraction of sp³-hybridized carbons (Fsp3) is 0.538. The second-order valence-electron chi connectivity index (χ2n) is 4.62. The summed E-state index contributed by atoms with van der Waals surface area (Å²) in [4.78, 5) is 0.129. The lowest BCUT2D eigenvalue weighted by Gasteiger charge is -2.15. The van der Waals surface area contributed by atoms with Crippen LogP contribution in [0.5, 0.6) is 0 Å². The minimum absolute atomic E-state index is 0.129. The first-order chi connectivity index (χ1) is 8.10. The number of hydrogen-bond acceptors (Lipinski definition) is 2. The van der Waals surface area contributed by atoms with Crippen LogP contribution in [-0.4, -0.2) is 13.7 Å². The molecular weight excluding hydrogens is 239 g/mol. The van der Waals surface area contributed by atoms with E-state index in [9.17, 15) is 12.8 Å². The first kappa shape index (κ1) is 12.6. The maximum atomic E-state index is 13.1. The summed E-state index contributed by atoms with van der Waals surface area (Å²) >= 11 is 0. The summed E-state index contributed by atoms with van der Waals surface area (Å²) < 4.78 is 37.7. The quantitative estimate of drug-likeness (QED) is 0.761. The van der Waals surface area contributed by atoms with Crippen LogP contribution in [0.1, 0.15) is 38.5 Å². The minimum Gasteiger partial charge on any atom is -0.223 e. The summed E-state index contributed by atoms with van der Waals surface area (Å²) in [7, 11) is -3.35. The van der Waals surface area contributed by atoms with Crippen molar-refractivity contribution in [2.45, 2.75) is 48.7 Å². The van der Waals surface area contributed by atoms with Gasteiger partial charge in [0.25, 0.3) is 0 Å².